The third kappa shape index (κ3) is 3.01. The van der Waals surface area contributed by atoms with E-state index in [0.29, 0.717) is 0 Å². The molecule has 2 aromatic heterocycles. The topological polar surface area (TPSA) is 124 Å². The normalized spacial score (nSPS) is 34.2. The predicted octanol–water partition coefficient (Wildman–Crippen LogP) is 2.52. The van der Waals surface area contributed by atoms with Crippen molar-refractivity contribution in [2.24, 2.45) is 0 Å². The highest BCUT2D eigenvalue weighted by molar-refractivity contribution is 7.48. The van der Waals surface area contributed by atoms with Crippen LogP contribution in [-0.2, 0) is 22.9 Å². The Kier molecular flexibility index (Phi) is 4.63. The van der Waals surface area contributed by atoms with E-state index in [4.69, 9.17) is 24.0 Å². The minimum Gasteiger partial charge on any atom is -0.382 e. The molecule has 2 aliphatic heterocycles. The summed E-state index contributed by atoms with van der Waals surface area (Å²) in [7, 11) is -4.53. The van der Waals surface area contributed by atoms with Crippen molar-refractivity contribution in [3.05, 3.63) is 12.7 Å². The molecule has 0 amide bonds. The van der Waals surface area contributed by atoms with Crippen molar-refractivity contribution in [3.8, 4) is 0 Å². The van der Waals surface area contributed by atoms with Gasteiger partial charge in [0.25, 0.3) is 6.43 Å². The van der Waals surface area contributed by atoms with E-state index in [-0.39, 0.29) is 17.0 Å². The van der Waals surface area contributed by atoms with Gasteiger partial charge in [-0.05, 0) is 13.8 Å². The Morgan fingerprint density at radius 1 is 1.34 bits per heavy atom. The Labute approximate surface area is 160 Å². The molecule has 15 heteroatoms. The first-order chi connectivity index (χ1) is 13.5. The van der Waals surface area contributed by atoms with E-state index in [1.54, 1.807) is 0 Å². The van der Waals surface area contributed by atoms with Crippen LogP contribution in [0.4, 0.5) is 23.4 Å². The fourth-order valence-corrected chi connectivity index (χ4v) is 4.90. The molecule has 0 bridgehead atoms. The van der Waals surface area contributed by atoms with Gasteiger partial charge in [-0.3, -0.25) is 18.1 Å². The maximum absolute atomic E-state index is 15.3. The fraction of sp³-hybridized carbons (Fsp3) is 0.643. The van der Waals surface area contributed by atoms with Crippen LogP contribution in [-0.4, -0.2) is 56.3 Å². The van der Waals surface area contributed by atoms with E-state index >= 15 is 8.78 Å². The molecule has 160 valence electrons. The highest BCUT2D eigenvalue weighted by Crippen LogP contribution is 2.64. The van der Waals surface area contributed by atoms with Crippen molar-refractivity contribution in [2.75, 3.05) is 12.3 Å². The summed E-state index contributed by atoms with van der Waals surface area (Å²) >= 11 is 0. The van der Waals surface area contributed by atoms with Gasteiger partial charge in [-0.1, -0.05) is 0 Å². The van der Waals surface area contributed by atoms with E-state index < -0.39 is 50.8 Å². The molecule has 2 unspecified atom stereocenters. The average Bonchev–Trinajstić information content (AvgIpc) is 3.13. The summed E-state index contributed by atoms with van der Waals surface area (Å²) < 4.78 is 91.4. The fourth-order valence-electron chi connectivity index (χ4n) is 3.27. The molecular formula is C14H16F4N5O5P. The van der Waals surface area contributed by atoms with Gasteiger partial charge in [-0.2, -0.15) is 8.78 Å². The second-order valence-corrected chi connectivity index (χ2v) is 8.42. The van der Waals surface area contributed by atoms with Gasteiger partial charge in [0, 0.05) is 0 Å². The Balaban J connectivity index is 1.80. The van der Waals surface area contributed by atoms with Crippen molar-refractivity contribution >= 4 is 24.8 Å². The number of fused-ring (bicyclic) bond motifs is 2. The number of hydrogen-bond donors (Lipinski definition) is 1. The minimum absolute atomic E-state index is 0.0381. The van der Waals surface area contributed by atoms with Crippen LogP contribution < -0.4 is 5.73 Å². The lowest BCUT2D eigenvalue weighted by Gasteiger charge is -2.39. The summed E-state index contributed by atoms with van der Waals surface area (Å²) in [5, 5.41) is 0. The number of alkyl halides is 4. The summed E-state index contributed by atoms with van der Waals surface area (Å²) in [5.74, 6) is -4.30. The number of imidazole rings is 1. The molecule has 0 saturated carbocycles. The van der Waals surface area contributed by atoms with Crippen LogP contribution in [0.3, 0.4) is 0 Å². The van der Waals surface area contributed by atoms with Crippen LogP contribution in [0.25, 0.3) is 11.2 Å². The van der Waals surface area contributed by atoms with Crippen LogP contribution >= 0.6 is 7.82 Å². The second kappa shape index (κ2) is 6.57. The predicted molar refractivity (Wildman–Crippen MR) is 88.2 cm³/mol. The number of nitrogens with zero attached hydrogens (tertiary/aromatic N) is 4. The van der Waals surface area contributed by atoms with E-state index in [9.17, 15) is 13.3 Å². The van der Waals surface area contributed by atoms with Gasteiger partial charge < -0.3 is 10.5 Å². The van der Waals surface area contributed by atoms with Crippen LogP contribution in [0, 0.1) is 0 Å². The average molecular weight is 441 g/mol. The quantitative estimate of drug-likeness (QED) is 0.563. The van der Waals surface area contributed by atoms with Crippen LogP contribution in [0.15, 0.2) is 12.7 Å². The highest BCUT2D eigenvalue weighted by atomic mass is 31.2. The molecular weight excluding hydrogens is 425 g/mol. The number of aromatic nitrogens is 4. The molecule has 2 aliphatic rings. The zero-order valence-electron chi connectivity index (χ0n) is 15.0. The number of nitrogen functional groups attached to an aromatic ring is 1. The SMILES string of the molecule is CC(C)OP1(=O)OC[C@]2(C(F)F)OC(n3cnc4ncnc(N)c43)C(F)(F)[C@H]2O1. The zero-order chi connectivity index (χ0) is 21.2. The molecule has 4 atom stereocenters. The van der Waals surface area contributed by atoms with E-state index in [0.717, 1.165) is 17.2 Å². The second-order valence-electron chi connectivity index (χ2n) is 6.84. The van der Waals surface area contributed by atoms with Crippen molar-refractivity contribution in [1.29, 1.82) is 0 Å². The number of halogens is 4. The number of phosphoric acid groups is 1. The van der Waals surface area contributed by atoms with Gasteiger partial charge in [0.15, 0.2) is 23.2 Å². The summed E-state index contributed by atoms with van der Waals surface area (Å²) in [5.41, 5.74) is 2.64. The van der Waals surface area contributed by atoms with Gasteiger partial charge in [0.05, 0.1) is 12.7 Å². The smallest absolute Gasteiger partial charge is 0.382 e. The number of nitrogens with two attached hydrogens (primary N) is 1. The summed E-state index contributed by atoms with van der Waals surface area (Å²) in [6, 6.07) is 0. The van der Waals surface area contributed by atoms with Gasteiger partial charge >= 0.3 is 13.7 Å². The molecule has 2 saturated heterocycles. The number of phosphoric ester groups is 1. The molecule has 4 heterocycles. The molecule has 2 N–H and O–H groups in total. The Bertz CT molecular complexity index is 990. The maximum atomic E-state index is 15.3. The van der Waals surface area contributed by atoms with E-state index in [1.807, 2.05) is 0 Å². The van der Waals surface area contributed by atoms with Gasteiger partial charge in [-0.25, -0.2) is 28.3 Å². The van der Waals surface area contributed by atoms with Crippen molar-refractivity contribution < 1.29 is 40.4 Å². The van der Waals surface area contributed by atoms with Crippen LogP contribution in [0.5, 0.6) is 0 Å². The number of ether oxygens (including phenoxy) is 1. The Morgan fingerprint density at radius 2 is 2.07 bits per heavy atom. The highest BCUT2D eigenvalue weighted by Gasteiger charge is 2.75. The molecule has 0 radical (unpaired) electrons. The molecule has 2 aromatic rings. The lowest BCUT2D eigenvalue weighted by Crippen LogP contribution is -2.57. The summed E-state index contributed by atoms with van der Waals surface area (Å²) in [4.78, 5) is 11.3. The first-order valence-electron chi connectivity index (χ1n) is 8.38. The largest absolute Gasteiger partial charge is 0.475 e. The van der Waals surface area contributed by atoms with Crippen molar-refractivity contribution in [3.63, 3.8) is 0 Å². The van der Waals surface area contributed by atoms with Crippen LogP contribution in [0.2, 0.25) is 0 Å². The maximum Gasteiger partial charge on any atom is 0.475 e. The minimum atomic E-state index is -4.53. The van der Waals surface area contributed by atoms with Crippen molar-refractivity contribution in [1.82, 2.24) is 19.5 Å². The molecule has 0 aromatic carbocycles. The van der Waals surface area contributed by atoms with E-state index in [2.05, 4.69) is 15.0 Å². The summed E-state index contributed by atoms with van der Waals surface area (Å²) in [6.07, 6.45) is -7.16. The number of anilines is 1. The molecule has 0 spiro atoms. The van der Waals surface area contributed by atoms with Gasteiger partial charge in [-0.15, -0.1) is 0 Å². The van der Waals surface area contributed by atoms with E-state index in [1.165, 1.54) is 13.8 Å². The molecule has 0 aliphatic carbocycles. The lowest BCUT2D eigenvalue weighted by atomic mass is 9.96. The van der Waals surface area contributed by atoms with Crippen LogP contribution in [0.1, 0.15) is 20.1 Å². The monoisotopic (exact) mass is 441 g/mol. The van der Waals surface area contributed by atoms with Gasteiger partial charge in [0.2, 0.25) is 6.23 Å². The number of hydrogen-bond acceptors (Lipinski definition) is 9. The molecule has 4 rings (SSSR count). The van der Waals surface area contributed by atoms with Crippen molar-refractivity contribution in [2.45, 2.75) is 50.2 Å². The summed E-state index contributed by atoms with van der Waals surface area (Å²) in [6.45, 7) is 1.77. The first-order valence-corrected chi connectivity index (χ1v) is 9.84. The molecule has 10 nitrogen and oxygen atoms in total. The lowest BCUT2D eigenvalue weighted by molar-refractivity contribution is -0.208. The third-order valence-electron chi connectivity index (χ3n) is 4.49. The zero-order valence-corrected chi connectivity index (χ0v) is 15.9. The standard InChI is InChI=1S/C14H16F4N5O5P/c1-6(2)27-29(24)25-3-13(11(15)16)10(28-29)14(17,18)12(26-13)23-5-22-9-7(23)8(19)20-4-21-9/h4-6,10-12H,3H2,1-2H3,(H2,19,20,21)/t10-,12?,13-,29?/m0/s1. The molecule has 29 heavy (non-hydrogen) atoms. The van der Waals surface area contributed by atoms with Gasteiger partial charge in [0.1, 0.15) is 18.2 Å². The molecule has 2 fully saturated rings. The Hall–Kier alpha value is -1.86. The number of rotatable bonds is 4. The third-order valence-corrected chi connectivity index (χ3v) is 6.09. The first kappa shape index (κ1) is 20.4. The Morgan fingerprint density at radius 3 is 2.72 bits per heavy atom.